The van der Waals surface area contributed by atoms with Crippen molar-refractivity contribution in [2.24, 2.45) is 0 Å². The second-order valence-electron chi connectivity index (χ2n) is 5.33. The summed E-state index contributed by atoms with van der Waals surface area (Å²) < 4.78 is 0. The lowest BCUT2D eigenvalue weighted by molar-refractivity contribution is 0.123. The van der Waals surface area contributed by atoms with Crippen molar-refractivity contribution in [3.8, 4) is 0 Å². The number of nitrogens with zero attached hydrogens (tertiary/aromatic N) is 1. The molecular weight excluding hydrogens is 198 g/mol. The molecular formula is C14H29NO. The lowest BCUT2D eigenvalue weighted by atomic mass is 10.1. The van der Waals surface area contributed by atoms with E-state index in [-0.39, 0.29) is 6.10 Å². The molecule has 0 bridgehead atoms. The molecule has 0 saturated carbocycles. The van der Waals surface area contributed by atoms with Crippen molar-refractivity contribution >= 4 is 0 Å². The Balaban J connectivity index is 2.24. The highest BCUT2D eigenvalue weighted by Crippen LogP contribution is 2.12. The van der Waals surface area contributed by atoms with Gasteiger partial charge in [0.05, 0.1) is 6.10 Å². The summed E-state index contributed by atoms with van der Waals surface area (Å²) in [4.78, 5) is 2.45. The van der Waals surface area contributed by atoms with E-state index in [4.69, 9.17) is 0 Å². The zero-order valence-corrected chi connectivity index (χ0v) is 11.0. The van der Waals surface area contributed by atoms with Gasteiger partial charge >= 0.3 is 0 Å². The normalized spacial score (nSPS) is 24.4. The van der Waals surface area contributed by atoms with Crippen LogP contribution in [0.3, 0.4) is 0 Å². The van der Waals surface area contributed by atoms with Crippen LogP contribution in [0.1, 0.15) is 64.7 Å². The first-order valence-corrected chi connectivity index (χ1v) is 7.19. The summed E-state index contributed by atoms with van der Waals surface area (Å²) in [5, 5.41) is 9.45. The molecule has 0 radical (unpaired) electrons. The maximum absolute atomic E-state index is 9.45. The van der Waals surface area contributed by atoms with E-state index in [0.29, 0.717) is 0 Å². The van der Waals surface area contributed by atoms with Crippen molar-refractivity contribution in [1.29, 1.82) is 0 Å². The molecule has 0 amide bonds. The summed E-state index contributed by atoms with van der Waals surface area (Å²) in [6.45, 7) is 5.13. The summed E-state index contributed by atoms with van der Waals surface area (Å²) in [5.41, 5.74) is 0. The quantitative estimate of drug-likeness (QED) is 0.783. The van der Waals surface area contributed by atoms with Gasteiger partial charge in [0, 0.05) is 6.54 Å². The van der Waals surface area contributed by atoms with Crippen molar-refractivity contribution in [2.45, 2.75) is 70.8 Å². The lowest BCUT2D eigenvalue weighted by Crippen LogP contribution is -2.32. The van der Waals surface area contributed by atoms with Gasteiger partial charge in [-0.3, -0.25) is 0 Å². The molecule has 1 fully saturated rings. The van der Waals surface area contributed by atoms with Gasteiger partial charge in [-0.2, -0.15) is 0 Å². The maximum atomic E-state index is 9.45. The van der Waals surface area contributed by atoms with Gasteiger partial charge < -0.3 is 10.0 Å². The first kappa shape index (κ1) is 14.0. The Morgan fingerprint density at radius 3 is 1.56 bits per heavy atom. The Morgan fingerprint density at radius 1 is 0.812 bits per heavy atom. The highest BCUT2D eigenvalue weighted by Gasteiger charge is 2.08. The Kier molecular flexibility index (Phi) is 7.87. The number of aliphatic hydroxyl groups is 1. The monoisotopic (exact) mass is 227 g/mol. The van der Waals surface area contributed by atoms with Gasteiger partial charge in [0.1, 0.15) is 0 Å². The van der Waals surface area contributed by atoms with Crippen LogP contribution in [-0.4, -0.2) is 35.7 Å². The van der Waals surface area contributed by atoms with E-state index >= 15 is 0 Å². The molecule has 0 aromatic carbocycles. The molecule has 16 heavy (non-hydrogen) atoms. The fourth-order valence-electron chi connectivity index (χ4n) is 2.58. The van der Waals surface area contributed by atoms with Gasteiger partial charge in [-0.1, -0.05) is 44.9 Å². The van der Waals surface area contributed by atoms with Crippen molar-refractivity contribution in [2.75, 3.05) is 19.6 Å². The van der Waals surface area contributed by atoms with Gasteiger partial charge in [-0.25, -0.2) is 0 Å². The molecule has 1 heterocycles. The number of aliphatic hydroxyl groups excluding tert-OH is 1. The molecule has 2 heteroatoms. The smallest absolute Gasteiger partial charge is 0.0639 e. The van der Waals surface area contributed by atoms with Crippen LogP contribution in [0.2, 0.25) is 0 Å². The second-order valence-corrected chi connectivity index (χ2v) is 5.33. The molecule has 1 unspecified atom stereocenters. The van der Waals surface area contributed by atoms with Gasteiger partial charge in [0.2, 0.25) is 0 Å². The molecule has 2 nitrogen and oxygen atoms in total. The lowest BCUT2D eigenvalue weighted by Gasteiger charge is -2.24. The topological polar surface area (TPSA) is 23.5 Å². The Hall–Kier alpha value is -0.0800. The van der Waals surface area contributed by atoms with E-state index in [0.717, 1.165) is 6.54 Å². The molecule has 96 valence electrons. The molecule has 0 aromatic heterocycles. The van der Waals surface area contributed by atoms with Crippen LogP contribution in [0.15, 0.2) is 0 Å². The third-order valence-electron chi connectivity index (χ3n) is 3.47. The third kappa shape index (κ3) is 7.24. The molecule has 1 saturated heterocycles. The summed E-state index contributed by atoms with van der Waals surface area (Å²) in [6.07, 6.45) is 12.3. The largest absolute Gasteiger partial charge is 0.392 e. The average molecular weight is 227 g/mol. The predicted octanol–water partition coefficient (Wildman–Crippen LogP) is 3.19. The second kappa shape index (κ2) is 9.00. The zero-order chi connectivity index (χ0) is 11.6. The fraction of sp³-hybridized carbons (Fsp3) is 1.00. The zero-order valence-electron chi connectivity index (χ0n) is 11.0. The molecule has 0 aliphatic carbocycles. The fourth-order valence-corrected chi connectivity index (χ4v) is 2.58. The van der Waals surface area contributed by atoms with E-state index < -0.39 is 0 Å². The predicted molar refractivity (Wildman–Crippen MR) is 69.7 cm³/mol. The molecule has 1 atom stereocenters. The SMILES string of the molecule is CC(O)CN1CCCCCCCCCCC1. The molecule has 1 rings (SSSR count). The maximum Gasteiger partial charge on any atom is 0.0639 e. The van der Waals surface area contributed by atoms with E-state index in [1.807, 2.05) is 6.92 Å². The highest BCUT2D eigenvalue weighted by atomic mass is 16.3. The van der Waals surface area contributed by atoms with Gasteiger partial charge in [0.15, 0.2) is 0 Å². The standard InChI is InChI=1S/C14H29NO/c1-14(16)13-15-11-9-7-5-3-2-4-6-8-10-12-15/h14,16H,2-13H2,1H3. The number of rotatable bonds is 2. The molecule has 1 aliphatic heterocycles. The van der Waals surface area contributed by atoms with E-state index in [1.165, 1.54) is 70.9 Å². The highest BCUT2D eigenvalue weighted by molar-refractivity contribution is 4.63. The number of hydrogen-bond acceptors (Lipinski definition) is 2. The van der Waals surface area contributed by atoms with Crippen molar-refractivity contribution in [3.05, 3.63) is 0 Å². The van der Waals surface area contributed by atoms with Crippen molar-refractivity contribution in [3.63, 3.8) is 0 Å². The minimum Gasteiger partial charge on any atom is -0.392 e. The van der Waals surface area contributed by atoms with Crippen LogP contribution >= 0.6 is 0 Å². The summed E-state index contributed by atoms with van der Waals surface area (Å²) in [7, 11) is 0. The first-order chi connectivity index (χ1) is 7.79. The van der Waals surface area contributed by atoms with E-state index in [1.54, 1.807) is 0 Å². The molecule has 1 aliphatic rings. The average Bonchev–Trinajstić information content (AvgIpc) is 2.21. The van der Waals surface area contributed by atoms with E-state index in [2.05, 4.69) is 4.90 Å². The Morgan fingerprint density at radius 2 is 1.19 bits per heavy atom. The Labute approximate surface area is 101 Å². The summed E-state index contributed by atoms with van der Waals surface area (Å²) in [6, 6.07) is 0. The van der Waals surface area contributed by atoms with Crippen LogP contribution in [0.25, 0.3) is 0 Å². The summed E-state index contributed by atoms with van der Waals surface area (Å²) >= 11 is 0. The number of β-amino-alcohol motifs (C(OH)–C–C–N with tert-alkyl or cyclic N) is 1. The van der Waals surface area contributed by atoms with Crippen molar-refractivity contribution in [1.82, 2.24) is 4.90 Å². The van der Waals surface area contributed by atoms with Crippen LogP contribution in [0.5, 0.6) is 0 Å². The molecule has 0 spiro atoms. The van der Waals surface area contributed by atoms with Crippen LogP contribution < -0.4 is 0 Å². The first-order valence-electron chi connectivity index (χ1n) is 7.19. The van der Waals surface area contributed by atoms with E-state index in [9.17, 15) is 5.11 Å². The molecule has 1 N–H and O–H groups in total. The van der Waals surface area contributed by atoms with Gasteiger partial charge in [-0.15, -0.1) is 0 Å². The van der Waals surface area contributed by atoms with Crippen LogP contribution in [0, 0.1) is 0 Å². The van der Waals surface area contributed by atoms with Gasteiger partial charge in [0.25, 0.3) is 0 Å². The number of hydrogen-bond donors (Lipinski definition) is 1. The minimum absolute atomic E-state index is 0.173. The van der Waals surface area contributed by atoms with Crippen LogP contribution in [0.4, 0.5) is 0 Å². The minimum atomic E-state index is -0.173. The molecule has 0 aromatic rings. The summed E-state index contributed by atoms with van der Waals surface area (Å²) in [5.74, 6) is 0. The Bertz CT molecular complexity index is 147. The van der Waals surface area contributed by atoms with Gasteiger partial charge in [-0.05, 0) is 32.9 Å². The third-order valence-corrected chi connectivity index (χ3v) is 3.47. The van der Waals surface area contributed by atoms with Crippen molar-refractivity contribution < 1.29 is 5.11 Å². The van der Waals surface area contributed by atoms with Crippen LogP contribution in [-0.2, 0) is 0 Å².